The van der Waals surface area contributed by atoms with E-state index in [4.69, 9.17) is 4.74 Å². The van der Waals surface area contributed by atoms with E-state index in [1.807, 2.05) is 0 Å². The highest BCUT2D eigenvalue weighted by Gasteiger charge is 2.12. The Morgan fingerprint density at radius 1 is 1.50 bits per heavy atom. The smallest absolute Gasteiger partial charge is 0.258 e. The van der Waals surface area contributed by atoms with Crippen LogP contribution in [0.1, 0.15) is 19.7 Å². The number of hydrogen-bond acceptors (Lipinski definition) is 1. The van der Waals surface area contributed by atoms with E-state index in [0.29, 0.717) is 6.73 Å². The average molecular weight is 169 g/mol. The van der Waals surface area contributed by atoms with E-state index < -0.39 is 0 Å². The highest BCUT2D eigenvalue weighted by atomic mass is 16.5. The van der Waals surface area contributed by atoms with Crippen LogP contribution in [0.25, 0.3) is 0 Å². The van der Waals surface area contributed by atoms with Crippen LogP contribution in [-0.4, -0.2) is 11.7 Å². The van der Waals surface area contributed by atoms with Gasteiger partial charge in [0.1, 0.15) is 12.4 Å². The van der Waals surface area contributed by atoms with E-state index >= 15 is 0 Å². The number of hydrogen-bond donors (Lipinski definition) is 0. The lowest BCUT2D eigenvalue weighted by atomic mass is 10.4. The summed E-state index contributed by atoms with van der Waals surface area (Å²) in [6, 6.07) is 0. The molecule has 0 aliphatic rings. The van der Waals surface area contributed by atoms with Gasteiger partial charge in [0, 0.05) is 13.5 Å². The Morgan fingerprint density at radius 2 is 2.25 bits per heavy atom. The molecule has 0 aromatic carbocycles. The first-order valence-electron chi connectivity index (χ1n) is 4.39. The normalized spacial score (nSPS) is 10.6. The van der Waals surface area contributed by atoms with Crippen LogP contribution < -0.4 is 4.57 Å². The van der Waals surface area contributed by atoms with Crippen LogP contribution in [0.2, 0.25) is 0 Å². The maximum atomic E-state index is 5.08. The van der Waals surface area contributed by atoms with Gasteiger partial charge in [0.15, 0.2) is 6.73 Å². The fraction of sp³-hybridized carbons (Fsp3) is 0.667. The first-order valence-corrected chi connectivity index (χ1v) is 4.39. The second-order valence-corrected chi connectivity index (χ2v) is 2.74. The first-order chi connectivity index (χ1) is 5.83. The molecule has 1 rings (SSSR count). The predicted molar refractivity (Wildman–Crippen MR) is 46.7 cm³/mol. The maximum absolute atomic E-state index is 5.08. The summed E-state index contributed by atoms with van der Waals surface area (Å²) in [6.45, 7) is 5.99. The quantitative estimate of drug-likeness (QED) is 0.614. The fourth-order valence-corrected chi connectivity index (χ4v) is 1.45. The molecule has 0 amide bonds. The lowest BCUT2D eigenvalue weighted by Gasteiger charge is -1.99. The highest BCUT2D eigenvalue weighted by Crippen LogP contribution is 1.96. The summed E-state index contributed by atoms with van der Waals surface area (Å²) in [4.78, 5) is 0. The zero-order valence-corrected chi connectivity index (χ0v) is 8.08. The minimum absolute atomic E-state index is 0.649. The molecule has 3 heteroatoms. The van der Waals surface area contributed by atoms with Crippen LogP contribution in [-0.2, 0) is 24.4 Å². The van der Waals surface area contributed by atoms with Crippen LogP contribution in [0, 0.1) is 0 Å². The highest BCUT2D eigenvalue weighted by molar-refractivity contribution is 4.81. The lowest BCUT2D eigenvalue weighted by Crippen LogP contribution is -2.37. The molecule has 3 nitrogen and oxygen atoms in total. The van der Waals surface area contributed by atoms with Gasteiger partial charge in [-0.05, 0) is 6.92 Å². The maximum Gasteiger partial charge on any atom is 0.258 e. The summed E-state index contributed by atoms with van der Waals surface area (Å²) in [5.74, 6) is 1.32. The molecule has 68 valence electrons. The van der Waals surface area contributed by atoms with Crippen molar-refractivity contribution in [2.75, 3.05) is 7.11 Å². The van der Waals surface area contributed by atoms with Crippen molar-refractivity contribution in [3.05, 3.63) is 18.2 Å². The van der Waals surface area contributed by atoms with Crippen LogP contribution in [0.3, 0.4) is 0 Å². The summed E-state index contributed by atoms with van der Waals surface area (Å²) in [5, 5.41) is 0. The Kier molecular flexibility index (Phi) is 3.29. The molecular formula is C9H17N2O+. The van der Waals surface area contributed by atoms with Crippen molar-refractivity contribution in [3.63, 3.8) is 0 Å². The average Bonchev–Trinajstić information content (AvgIpc) is 2.47. The summed E-state index contributed by atoms with van der Waals surface area (Å²) in [7, 11) is 1.72. The van der Waals surface area contributed by atoms with Crippen LogP contribution in [0.5, 0.6) is 0 Å². The van der Waals surface area contributed by atoms with Crippen molar-refractivity contribution in [2.45, 2.75) is 33.5 Å². The lowest BCUT2D eigenvalue weighted by molar-refractivity contribution is -0.737. The standard InChI is InChI=1S/C9H17N2O/c1-4-9-10(5-2)6-7-11(9)8-12-3/h6-7H,4-5,8H2,1-3H3/q+1. The topological polar surface area (TPSA) is 18.0 Å². The summed E-state index contributed by atoms with van der Waals surface area (Å²) >= 11 is 0. The van der Waals surface area contributed by atoms with E-state index in [9.17, 15) is 0 Å². The van der Waals surface area contributed by atoms with Gasteiger partial charge in [-0.3, -0.25) is 0 Å². The molecule has 1 aromatic rings. The van der Waals surface area contributed by atoms with E-state index in [2.05, 4.69) is 35.4 Å². The summed E-state index contributed by atoms with van der Waals surface area (Å²) in [6.07, 6.45) is 5.20. The molecule has 0 radical (unpaired) electrons. The van der Waals surface area contributed by atoms with Gasteiger partial charge in [0.05, 0.1) is 6.54 Å². The van der Waals surface area contributed by atoms with Crippen LogP contribution in [0.4, 0.5) is 0 Å². The molecule has 1 heterocycles. The van der Waals surface area contributed by atoms with E-state index in [1.54, 1.807) is 7.11 Å². The van der Waals surface area contributed by atoms with E-state index in [-0.39, 0.29) is 0 Å². The second-order valence-electron chi connectivity index (χ2n) is 2.74. The Balaban J connectivity index is 2.88. The van der Waals surface area contributed by atoms with Crippen molar-refractivity contribution in [1.82, 2.24) is 4.57 Å². The van der Waals surface area contributed by atoms with Gasteiger partial charge in [-0.15, -0.1) is 0 Å². The first kappa shape index (κ1) is 9.26. The van der Waals surface area contributed by atoms with Gasteiger partial charge in [-0.2, -0.15) is 0 Å². The van der Waals surface area contributed by atoms with Crippen LogP contribution >= 0.6 is 0 Å². The largest absolute Gasteiger partial charge is 0.345 e. The third-order valence-corrected chi connectivity index (χ3v) is 2.01. The molecule has 12 heavy (non-hydrogen) atoms. The Hall–Kier alpha value is -0.830. The van der Waals surface area contributed by atoms with Gasteiger partial charge in [0.25, 0.3) is 5.82 Å². The summed E-state index contributed by atoms with van der Waals surface area (Å²) in [5.41, 5.74) is 0. The van der Waals surface area contributed by atoms with Gasteiger partial charge in [0.2, 0.25) is 0 Å². The van der Waals surface area contributed by atoms with Gasteiger partial charge in [-0.25, -0.2) is 9.13 Å². The molecule has 0 bridgehead atoms. The number of ether oxygens (including phenoxy) is 1. The third kappa shape index (κ3) is 1.67. The molecule has 0 atom stereocenters. The molecular weight excluding hydrogens is 152 g/mol. The van der Waals surface area contributed by atoms with Gasteiger partial charge >= 0.3 is 0 Å². The number of aromatic nitrogens is 2. The Bertz CT molecular complexity index is 243. The van der Waals surface area contributed by atoms with Crippen molar-refractivity contribution in [2.24, 2.45) is 0 Å². The zero-order chi connectivity index (χ0) is 8.97. The minimum Gasteiger partial charge on any atom is -0.345 e. The molecule has 0 fully saturated rings. The number of aryl methyl sites for hydroxylation is 1. The monoisotopic (exact) mass is 169 g/mol. The molecule has 0 aliphatic carbocycles. The number of nitrogens with zero attached hydrogens (tertiary/aromatic N) is 2. The summed E-state index contributed by atoms with van der Waals surface area (Å²) < 4.78 is 9.44. The van der Waals surface area contributed by atoms with Gasteiger partial charge < -0.3 is 4.74 Å². The second kappa shape index (κ2) is 4.26. The predicted octanol–water partition coefficient (Wildman–Crippen LogP) is 0.962. The van der Waals surface area contributed by atoms with Crippen molar-refractivity contribution in [1.29, 1.82) is 0 Å². The van der Waals surface area contributed by atoms with Crippen molar-refractivity contribution in [3.8, 4) is 0 Å². The van der Waals surface area contributed by atoms with E-state index in [1.165, 1.54) is 5.82 Å². The SMILES string of the molecule is CCc1n(CC)cc[n+]1COC. The molecule has 0 spiro atoms. The molecule has 0 saturated carbocycles. The molecule has 0 saturated heterocycles. The fourth-order valence-electron chi connectivity index (χ4n) is 1.45. The van der Waals surface area contributed by atoms with Crippen LogP contribution in [0.15, 0.2) is 12.4 Å². The Labute approximate surface area is 73.6 Å². The Morgan fingerprint density at radius 3 is 2.75 bits per heavy atom. The molecule has 0 N–H and O–H groups in total. The van der Waals surface area contributed by atoms with Crippen molar-refractivity contribution >= 4 is 0 Å². The molecule has 0 aliphatic heterocycles. The number of methoxy groups -OCH3 is 1. The zero-order valence-electron chi connectivity index (χ0n) is 8.08. The van der Waals surface area contributed by atoms with Gasteiger partial charge in [-0.1, -0.05) is 6.92 Å². The van der Waals surface area contributed by atoms with E-state index in [0.717, 1.165) is 13.0 Å². The number of rotatable bonds is 4. The molecule has 1 aromatic heterocycles. The minimum atomic E-state index is 0.649. The third-order valence-electron chi connectivity index (χ3n) is 2.01. The number of imidazole rings is 1. The van der Waals surface area contributed by atoms with Crippen molar-refractivity contribution < 1.29 is 9.30 Å². The molecule has 0 unspecified atom stereocenters.